The summed E-state index contributed by atoms with van der Waals surface area (Å²) < 4.78 is 31.1. The molecule has 1 fully saturated rings. The molecule has 1 atom stereocenters. The van der Waals surface area contributed by atoms with Crippen molar-refractivity contribution in [2.75, 3.05) is 32.0 Å². The van der Waals surface area contributed by atoms with E-state index in [2.05, 4.69) is 22.3 Å². The van der Waals surface area contributed by atoms with Gasteiger partial charge in [-0.05, 0) is 37.1 Å². The van der Waals surface area contributed by atoms with Crippen molar-refractivity contribution in [2.45, 2.75) is 18.9 Å². The van der Waals surface area contributed by atoms with Crippen LogP contribution in [-0.2, 0) is 19.4 Å². The fraction of sp³-hybridized carbons (Fsp3) is 0.348. The average Bonchev–Trinajstić information content (AvgIpc) is 3.29. The third-order valence-corrected chi connectivity index (χ3v) is 7.33. The van der Waals surface area contributed by atoms with E-state index in [9.17, 15) is 13.2 Å². The van der Waals surface area contributed by atoms with Gasteiger partial charge >= 0.3 is 0 Å². The maximum absolute atomic E-state index is 13.0. The molecule has 1 amide bonds. The van der Waals surface area contributed by atoms with Gasteiger partial charge in [-0.2, -0.15) is 0 Å². The summed E-state index contributed by atoms with van der Waals surface area (Å²) in [6.45, 7) is 2.34. The first-order valence-electron chi connectivity index (χ1n) is 10.3. The summed E-state index contributed by atoms with van der Waals surface area (Å²) >= 11 is 0. The number of rotatable bonds is 6. The van der Waals surface area contributed by atoms with Crippen LogP contribution in [0.4, 0.5) is 0 Å². The Hall–Kier alpha value is -2.64. The molecule has 0 unspecified atom stereocenters. The number of ether oxygens (including phenoxy) is 1. The molecular formula is C23H26N2O4S. The van der Waals surface area contributed by atoms with E-state index in [1.807, 2.05) is 18.2 Å². The van der Waals surface area contributed by atoms with E-state index in [0.717, 1.165) is 31.5 Å². The minimum atomic E-state index is -3.59. The number of carbonyl (C=O) groups excluding carboxylic acids is 1. The molecule has 0 radical (unpaired) electrons. The van der Waals surface area contributed by atoms with Crippen LogP contribution in [0.2, 0.25) is 0 Å². The Labute approximate surface area is 177 Å². The Morgan fingerprint density at radius 3 is 2.30 bits per heavy atom. The summed E-state index contributed by atoms with van der Waals surface area (Å²) in [5.41, 5.74) is 1.61. The zero-order valence-electron chi connectivity index (χ0n) is 16.8. The SMILES string of the molecule is O=C(NC[C@@H](c1ccccc1)N1CCCC1)C1=C(c2ccccc2)S(=O)(=O)CCO1. The molecule has 4 rings (SSSR count). The maximum atomic E-state index is 13.0. The Bertz CT molecular complexity index is 1010. The molecule has 158 valence electrons. The van der Waals surface area contributed by atoms with Crippen LogP contribution < -0.4 is 5.32 Å². The summed E-state index contributed by atoms with van der Waals surface area (Å²) in [6.07, 6.45) is 2.28. The quantitative estimate of drug-likeness (QED) is 0.769. The lowest BCUT2D eigenvalue weighted by Gasteiger charge is -2.29. The van der Waals surface area contributed by atoms with Crippen molar-refractivity contribution in [3.05, 3.63) is 77.5 Å². The Kier molecular flexibility index (Phi) is 6.20. The zero-order valence-corrected chi connectivity index (χ0v) is 17.6. The highest BCUT2D eigenvalue weighted by Gasteiger charge is 2.34. The van der Waals surface area contributed by atoms with E-state index < -0.39 is 15.7 Å². The van der Waals surface area contributed by atoms with E-state index in [4.69, 9.17) is 4.74 Å². The Morgan fingerprint density at radius 2 is 1.63 bits per heavy atom. The van der Waals surface area contributed by atoms with Crippen molar-refractivity contribution in [2.24, 2.45) is 0 Å². The lowest BCUT2D eigenvalue weighted by molar-refractivity contribution is -0.121. The molecular weight excluding hydrogens is 400 g/mol. The number of carbonyl (C=O) groups is 1. The highest BCUT2D eigenvalue weighted by Crippen LogP contribution is 2.30. The van der Waals surface area contributed by atoms with Gasteiger partial charge in [0.2, 0.25) is 5.76 Å². The normalized spacial score (nSPS) is 19.9. The highest BCUT2D eigenvalue weighted by molar-refractivity contribution is 8.00. The van der Waals surface area contributed by atoms with Gasteiger partial charge in [-0.3, -0.25) is 9.69 Å². The number of nitrogens with zero attached hydrogens (tertiary/aromatic N) is 1. The van der Waals surface area contributed by atoms with Crippen LogP contribution in [0.5, 0.6) is 0 Å². The molecule has 7 heteroatoms. The zero-order chi connectivity index (χ0) is 21.0. The third-order valence-electron chi connectivity index (χ3n) is 5.58. The first-order chi connectivity index (χ1) is 14.6. The van der Waals surface area contributed by atoms with Gasteiger partial charge in [0.05, 0.1) is 11.8 Å². The number of hydrogen-bond acceptors (Lipinski definition) is 5. The molecule has 2 aromatic carbocycles. The van der Waals surface area contributed by atoms with Gasteiger partial charge in [0.25, 0.3) is 5.91 Å². The Morgan fingerprint density at radius 1 is 1.00 bits per heavy atom. The van der Waals surface area contributed by atoms with Crippen LogP contribution in [0.1, 0.15) is 30.0 Å². The molecule has 2 heterocycles. The van der Waals surface area contributed by atoms with Crippen molar-refractivity contribution in [1.82, 2.24) is 10.2 Å². The van der Waals surface area contributed by atoms with Gasteiger partial charge in [0.1, 0.15) is 11.5 Å². The lowest BCUT2D eigenvalue weighted by atomic mass is 10.1. The molecule has 0 saturated carbocycles. The molecule has 2 aromatic rings. The van der Waals surface area contributed by atoms with Crippen molar-refractivity contribution in [3.63, 3.8) is 0 Å². The maximum Gasteiger partial charge on any atom is 0.287 e. The van der Waals surface area contributed by atoms with E-state index in [1.165, 1.54) is 0 Å². The minimum Gasteiger partial charge on any atom is -0.486 e. The van der Waals surface area contributed by atoms with E-state index in [0.29, 0.717) is 12.1 Å². The number of likely N-dealkylation sites (tertiary alicyclic amines) is 1. The third kappa shape index (κ3) is 4.42. The predicted octanol–water partition coefficient (Wildman–Crippen LogP) is 2.75. The summed E-state index contributed by atoms with van der Waals surface area (Å²) in [5.74, 6) is -0.730. The lowest BCUT2D eigenvalue weighted by Crippen LogP contribution is -2.39. The van der Waals surface area contributed by atoms with E-state index in [-0.39, 0.29) is 29.1 Å². The van der Waals surface area contributed by atoms with Crippen LogP contribution in [0.25, 0.3) is 4.91 Å². The van der Waals surface area contributed by atoms with E-state index >= 15 is 0 Å². The first-order valence-corrected chi connectivity index (χ1v) is 11.9. The van der Waals surface area contributed by atoms with Gasteiger partial charge in [0.15, 0.2) is 9.84 Å². The van der Waals surface area contributed by atoms with Gasteiger partial charge in [0, 0.05) is 6.54 Å². The average molecular weight is 427 g/mol. The monoisotopic (exact) mass is 426 g/mol. The van der Waals surface area contributed by atoms with Crippen LogP contribution in [-0.4, -0.2) is 51.2 Å². The smallest absolute Gasteiger partial charge is 0.287 e. The molecule has 6 nitrogen and oxygen atoms in total. The number of amides is 1. The molecule has 30 heavy (non-hydrogen) atoms. The minimum absolute atomic E-state index is 0.0182. The molecule has 2 aliphatic rings. The standard InChI is InChI=1S/C23H26N2O4S/c26-23(21-22(19-11-5-2-6-12-19)30(27,28)16-15-29-21)24-17-20(25-13-7-8-14-25)18-9-3-1-4-10-18/h1-6,9-12,20H,7-8,13-17H2,(H,24,26)/t20-/m0/s1. The number of benzene rings is 2. The van der Waals surface area contributed by atoms with Gasteiger partial charge in [-0.1, -0.05) is 60.7 Å². The summed E-state index contributed by atoms with van der Waals surface area (Å²) in [7, 11) is -3.59. The molecule has 2 aliphatic heterocycles. The second kappa shape index (κ2) is 9.02. The van der Waals surface area contributed by atoms with Crippen LogP contribution >= 0.6 is 0 Å². The van der Waals surface area contributed by atoms with Crippen molar-refractivity contribution in [3.8, 4) is 0 Å². The summed E-state index contributed by atoms with van der Waals surface area (Å²) in [6, 6.07) is 18.8. The van der Waals surface area contributed by atoms with Gasteiger partial charge in [-0.15, -0.1) is 0 Å². The number of nitrogens with one attached hydrogen (secondary N) is 1. The molecule has 1 saturated heterocycles. The van der Waals surface area contributed by atoms with Crippen LogP contribution in [0.3, 0.4) is 0 Å². The molecule has 0 aromatic heterocycles. The molecule has 0 spiro atoms. The fourth-order valence-electron chi connectivity index (χ4n) is 4.09. The van der Waals surface area contributed by atoms with Gasteiger partial charge < -0.3 is 10.1 Å². The Balaban J connectivity index is 1.60. The van der Waals surface area contributed by atoms with Crippen molar-refractivity contribution < 1.29 is 17.9 Å². The van der Waals surface area contributed by atoms with Crippen molar-refractivity contribution >= 4 is 20.6 Å². The topological polar surface area (TPSA) is 75.7 Å². The van der Waals surface area contributed by atoms with Crippen LogP contribution in [0.15, 0.2) is 66.4 Å². The number of sulfone groups is 1. The summed E-state index contributed by atoms with van der Waals surface area (Å²) in [5, 5.41) is 2.94. The van der Waals surface area contributed by atoms with Crippen molar-refractivity contribution in [1.29, 1.82) is 0 Å². The highest BCUT2D eigenvalue weighted by atomic mass is 32.2. The first kappa shape index (κ1) is 20.6. The predicted molar refractivity (Wildman–Crippen MR) is 116 cm³/mol. The number of hydrogen-bond donors (Lipinski definition) is 1. The largest absolute Gasteiger partial charge is 0.486 e. The second-order valence-corrected chi connectivity index (χ2v) is 9.62. The van der Waals surface area contributed by atoms with Crippen LogP contribution in [0, 0.1) is 0 Å². The molecule has 1 N–H and O–H groups in total. The summed E-state index contributed by atoms with van der Waals surface area (Å²) in [4.78, 5) is 15.4. The second-order valence-electron chi connectivity index (χ2n) is 7.57. The van der Waals surface area contributed by atoms with E-state index in [1.54, 1.807) is 30.3 Å². The molecule has 0 aliphatic carbocycles. The van der Waals surface area contributed by atoms with Gasteiger partial charge in [-0.25, -0.2) is 8.42 Å². The molecule has 0 bridgehead atoms. The fourth-order valence-corrected chi connectivity index (χ4v) is 5.52.